The van der Waals surface area contributed by atoms with E-state index < -0.39 is 0 Å². The molecule has 0 unspecified atom stereocenters. The summed E-state index contributed by atoms with van der Waals surface area (Å²) in [7, 11) is 4.68. The standard InChI is InChI=1S/C25H29N3O5/c1-18(12-20-13-23(31-3)24(32-4)14-22(20)30-2)25(29)27-21-15-26-28(16-21)10-11-33-17-19-8-6-5-7-9-19/h5-9,12-16H,10-11,17H2,1-4H3,(H,27,29)/b18-12+. The van der Waals surface area contributed by atoms with Crippen LogP contribution in [0, 0.1) is 0 Å². The first-order valence-corrected chi connectivity index (χ1v) is 10.5. The van der Waals surface area contributed by atoms with E-state index in [1.54, 1.807) is 63.5 Å². The van der Waals surface area contributed by atoms with Crippen molar-refractivity contribution >= 4 is 17.7 Å². The highest BCUT2D eigenvalue weighted by Gasteiger charge is 2.13. The van der Waals surface area contributed by atoms with Crippen LogP contribution in [0.15, 0.2) is 60.4 Å². The van der Waals surface area contributed by atoms with Crippen molar-refractivity contribution in [1.29, 1.82) is 0 Å². The average Bonchev–Trinajstić information content (AvgIpc) is 3.29. The van der Waals surface area contributed by atoms with Crippen LogP contribution in [-0.2, 0) is 22.7 Å². The first kappa shape index (κ1) is 23.9. The monoisotopic (exact) mass is 451 g/mol. The average molecular weight is 452 g/mol. The van der Waals surface area contributed by atoms with Crippen LogP contribution in [-0.4, -0.2) is 43.6 Å². The van der Waals surface area contributed by atoms with Gasteiger partial charge in [0.25, 0.3) is 5.91 Å². The Bertz CT molecular complexity index is 1090. The maximum atomic E-state index is 12.7. The molecule has 3 rings (SSSR count). The van der Waals surface area contributed by atoms with Gasteiger partial charge < -0.3 is 24.3 Å². The van der Waals surface area contributed by atoms with Gasteiger partial charge in [0.05, 0.1) is 53.0 Å². The number of hydrogen-bond acceptors (Lipinski definition) is 6. The Hall–Kier alpha value is -3.78. The number of rotatable bonds is 11. The summed E-state index contributed by atoms with van der Waals surface area (Å²) < 4.78 is 23.5. The number of carbonyl (C=O) groups is 1. The fourth-order valence-corrected chi connectivity index (χ4v) is 3.17. The summed E-state index contributed by atoms with van der Waals surface area (Å²) in [6.07, 6.45) is 5.12. The van der Waals surface area contributed by atoms with Gasteiger partial charge in [-0.1, -0.05) is 30.3 Å². The lowest BCUT2D eigenvalue weighted by atomic mass is 10.1. The Morgan fingerprint density at radius 1 is 1.03 bits per heavy atom. The van der Waals surface area contributed by atoms with Crippen molar-refractivity contribution in [3.8, 4) is 17.2 Å². The second kappa shape index (κ2) is 11.7. The Morgan fingerprint density at radius 2 is 1.73 bits per heavy atom. The first-order valence-electron chi connectivity index (χ1n) is 10.5. The molecule has 0 aliphatic carbocycles. The van der Waals surface area contributed by atoms with Crippen molar-refractivity contribution < 1.29 is 23.7 Å². The molecule has 0 atom stereocenters. The maximum Gasteiger partial charge on any atom is 0.251 e. The molecular weight excluding hydrogens is 422 g/mol. The lowest BCUT2D eigenvalue weighted by Gasteiger charge is -2.12. The molecule has 0 spiro atoms. The van der Waals surface area contributed by atoms with Crippen LogP contribution in [0.3, 0.4) is 0 Å². The summed E-state index contributed by atoms with van der Waals surface area (Å²) in [4.78, 5) is 12.7. The molecule has 8 heteroatoms. The van der Waals surface area contributed by atoms with Gasteiger partial charge in [-0.05, 0) is 24.6 Å². The number of nitrogens with zero attached hydrogens (tertiary/aromatic N) is 2. The van der Waals surface area contributed by atoms with Crippen LogP contribution >= 0.6 is 0 Å². The Kier molecular flexibility index (Phi) is 8.49. The minimum Gasteiger partial charge on any atom is -0.496 e. The number of carbonyl (C=O) groups excluding carboxylic acids is 1. The summed E-state index contributed by atoms with van der Waals surface area (Å²) in [6, 6.07) is 13.5. The third-order valence-corrected chi connectivity index (χ3v) is 4.93. The zero-order valence-electron chi connectivity index (χ0n) is 19.3. The van der Waals surface area contributed by atoms with Crippen LogP contribution in [0.1, 0.15) is 18.1 Å². The number of benzene rings is 2. The molecule has 1 amide bonds. The van der Waals surface area contributed by atoms with Gasteiger partial charge in [0.2, 0.25) is 0 Å². The molecule has 33 heavy (non-hydrogen) atoms. The third-order valence-electron chi connectivity index (χ3n) is 4.93. The summed E-state index contributed by atoms with van der Waals surface area (Å²) in [6.45, 7) is 3.38. The number of ether oxygens (including phenoxy) is 4. The molecule has 1 N–H and O–H groups in total. The van der Waals surface area contributed by atoms with Crippen molar-refractivity contribution in [3.05, 3.63) is 71.6 Å². The first-order chi connectivity index (χ1) is 16.0. The predicted octanol–water partition coefficient (Wildman–Crippen LogP) is 4.17. The Labute approximate surface area is 193 Å². The van der Waals surface area contributed by atoms with Crippen molar-refractivity contribution in [1.82, 2.24) is 9.78 Å². The highest BCUT2D eigenvalue weighted by Crippen LogP contribution is 2.35. The Balaban J connectivity index is 1.58. The number of aromatic nitrogens is 2. The quantitative estimate of drug-likeness (QED) is 0.348. The van der Waals surface area contributed by atoms with Gasteiger partial charge >= 0.3 is 0 Å². The fraction of sp³-hybridized carbons (Fsp3) is 0.280. The Morgan fingerprint density at radius 3 is 2.42 bits per heavy atom. The van der Waals surface area contributed by atoms with Gasteiger partial charge in [0, 0.05) is 23.4 Å². The molecule has 3 aromatic rings. The summed E-state index contributed by atoms with van der Waals surface area (Å²) in [5, 5.41) is 7.14. The maximum absolute atomic E-state index is 12.7. The smallest absolute Gasteiger partial charge is 0.251 e. The highest BCUT2D eigenvalue weighted by atomic mass is 16.5. The minimum absolute atomic E-state index is 0.244. The van der Waals surface area contributed by atoms with Gasteiger partial charge in [-0.25, -0.2) is 0 Å². The van der Waals surface area contributed by atoms with Crippen LogP contribution < -0.4 is 19.5 Å². The predicted molar refractivity (Wildman–Crippen MR) is 127 cm³/mol. The zero-order valence-corrected chi connectivity index (χ0v) is 19.3. The molecule has 0 radical (unpaired) electrons. The van der Waals surface area contributed by atoms with E-state index in [0.717, 1.165) is 5.56 Å². The van der Waals surface area contributed by atoms with Crippen molar-refractivity contribution in [3.63, 3.8) is 0 Å². The highest BCUT2D eigenvalue weighted by molar-refractivity contribution is 6.06. The van der Waals surface area contributed by atoms with Crippen LogP contribution in [0.2, 0.25) is 0 Å². The third kappa shape index (κ3) is 6.60. The number of anilines is 1. The lowest BCUT2D eigenvalue weighted by molar-refractivity contribution is -0.112. The van der Waals surface area contributed by atoms with E-state index in [1.165, 1.54) is 0 Å². The van der Waals surface area contributed by atoms with E-state index >= 15 is 0 Å². The zero-order chi connectivity index (χ0) is 23.6. The van der Waals surface area contributed by atoms with Gasteiger partial charge in [-0.3, -0.25) is 9.48 Å². The molecule has 174 valence electrons. The molecular formula is C25H29N3O5. The molecule has 0 saturated heterocycles. The van der Waals surface area contributed by atoms with Gasteiger partial charge in [0.1, 0.15) is 5.75 Å². The number of hydrogen-bond donors (Lipinski definition) is 1. The molecule has 8 nitrogen and oxygen atoms in total. The number of methoxy groups -OCH3 is 3. The molecule has 0 fully saturated rings. The van der Waals surface area contributed by atoms with Crippen LogP contribution in [0.4, 0.5) is 5.69 Å². The van der Waals surface area contributed by atoms with E-state index in [-0.39, 0.29) is 5.91 Å². The van der Waals surface area contributed by atoms with Crippen LogP contribution in [0.25, 0.3) is 6.08 Å². The van der Waals surface area contributed by atoms with Crippen LogP contribution in [0.5, 0.6) is 17.2 Å². The van der Waals surface area contributed by atoms with E-state index in [1.807, 2.05) is 30.3 Å². The fourth-order valence-electron chi connectivity index (χ4n) is 3.17. The summed E-state index contributed by atoms with van der Waals surface area (Å²) in [5.74, 6) is 1.43. The lowest BCUT2D eigenvalue weighted by Crippen LogP contribution is -2.12. The number of amides is 1. The minimum atomic E-state index is -0.244. The SMILES string of the molecule is COc1cc(OC)c(OC)cc1/C=C(\C)C(=O)Nc1cnn(CCOCc2ccccc2)c1. The normalized spacial score (nSPS) is 11.2. The molecule has 1 aromatic heterocycles. The molecule has 1 heterocycles. The molecule has 0 saturated carbocycles. The van der Waals surface area contributed by atoms with Crippen molar-refractivity contribution in [2.45, 2.75) is 20.1 Å². The molecule has 0 aliphatic heterocycles. The van der Waals surface area contributed by atoms with Crippen molar-refractivity contribution in [2.24, 2.45) is 0 Å². The van der Waals surface area contributed by atoms with E-state index in [2.05, 4.69) is 10.4 Å². The van der Waals surface area contributed by atoms with Crippen molar-refractivity contribution in [2.75, 3.05) is 33.3 Å². The second-order valence-corrected chi connectivity index (χ2v) is 7.26. The van der Waals surface area contributed by atoms with Gasteiger partial charge in [-0.2, -0.15) is 5.10 Å². The van der Waals surface area contributed by atoms with E-state index in [9.17, 15) is 4.79 Å². The van der Waals surface area contributed by atoms with Gasteiger partial charge in [0.15, 0.2) is 11.5 Å². The van der Waals surface area contributed by atoms with Gasteiger partial charge in [-0.15, -0.1) is 0 Å². The largest absolute Gasteiger partial charge is 0.496 e. The molecule has 0 aliphatic rings. The second-order valence-electron chi connectivity index (χ2n) is 7.26. The number of nitrogens with one attached hydrogen (secondary N) is 1. The summed E-state index contributed by atoms with van der Waals surface area (Å²) >= 11 is 0. The van der Waals surface area contributed by atoms with E-state index in [0.29, 0.717) is 53.8 Å². The van der Waals surface area contributed by atoms with E-state index in [4.69, 9.17) is 18.9 Å². The summed E-state index contributed by atoms with van der Waals surface area (Å²) in [5.41, 5.74) is 2.93. The molecule has 0 bridgehead atoms. The topological polar surface area (TPSA) is 83.8 Å². The molecule has 2 aromatic carbocycles.